The Bertz CT molecular complexity index is 592. The van der Waals surface area contributed by atoms with E-state index in [-0.39, 0.29) is 10.6 Å². The van der Waals surface area contributed by atoms with E-state index in [0.29, 0.717) is 6.54 Å². The van der Waals surface area contributed by atoms with Gasteiger partial charge in [-0.05, 0) is 24.5 Å². The van der Waals surface area contributed by atoms with Crippen molar-refractivity contribution in [2.75, 3.05) is 11.9 Å². The number of non-ortho nitro benzene ring substituents is 1. The van der Waals surface area contributed by atoms with Gasteiger partial charge in [-0.25, -0.2) is 0 Å². The fourth-order valence-electron chi connectivity index (χ4n) is 1.86. The lowest BCUT2D eigenvalue weighted by Crippen LogP contribution is -2.06. The molecule has 19 heavy (non-hydrogen) atoms. The number of aryl methyl sites for hydroxylation is 2. The molecule has 0 spiro atoms. The smallest absolute Gasteiger partial charge is 0.271 e. The Morgan fingerprint density at radius 3 is 2.89 bits per heavy atom. The second kappa shape index (κ2) is 5.51. The second-order valence-corrected chi connectivity index (χ2v) is 4.46. The molecule has 1 heterocycles. The molecule has 0 radical (unpaired) electrons. The number of nitrogens with zero attached hydrogens (tertiary/aromatic N) is 3. The standard InChI is InChI=1S/C13H16N4O2/c1-10-3-4-12(17(18)19)7-13(10)14-6-5-11-8-15-16(2)9-11/h3-4,7-9,14H,5-6H2,1-2H3. The molecule has 0 fully saturated rings. The third-order valence-corrected chi connectivity index (χ3v) is 2.92. The minimum absolute atomic E-state index is 0.106. The molecule has 0 unspecified atom stereocenters. The van der Waals surface area contributed by atoms with Crippen LogP contribution in [0.5, 0.6) is 0 Å². The summed E-state index contributed by atoms with van der Waals surface area (Å²) >= 11 is 0. The predicted molar refractivity (Wildman–Crippen MR) is 73.2 cm³/mol. The molecule has 0 aliphatic heterocycles. The Kier molecular flexibility index (Phi) is 3.79. The summed E-state index contributed by atoms with van der Waals surface area (Å²) in [5.74, 6) is 0. The molecule has 0 aliphatic rings. The molecule has 6 nitrogen and oxygen atoms in total. The Hall–Kier alpha value is -2.37. The first kappa shape index (κ1) is 13.1. The molecule has 0 atom stereocenters. The summed E-state index contributed by atoms with van der Waals surface area (Å²) in [6.07, 6.45) is 4.61. The number of nitrogens with one attached hydrogen (secondary N) is 1. The molecule has 0 aliphatic carbocycles. The average molecular weight is 260 g/mol. The largest absolute Gasteiger partial charge is 0.384 e. The number of anilines is 1. The molecule has 6 heteroatoms. The third-order valence-electron chi connectivity index (χ3n) is 2.92. The van der Waals surface area contributed by atoms with Crippen molar-refractivity contribution in [3.8, 4) is 0 Å². The van der Waals surface area contributed by atoms with Crippen LogP contribution in [0.25, 0.3) is 0 Å². The van der Waals surface area contributed by atoms with Crippen molar-refractivity contribution in [1.29, 1.82) is 0 Å². The van der Waals surface area contributed by atoms with Crippen molar-refractivity contribution in [1.82, 2.24) is 9.78 Å². The molecule has 2 rings (SSSR count). The van der Waals surface area contributed by atoms with Crippen molar-refractivity contribution >= 4 is 11.4 Å². The van der Waals surface area contributed by atoms with Crippen LogP contribution in [0.3, 0.4) is 0 Å². The van der Waals surface area contributed by atoms with E-state index >= 15 is 0 Å². The van der Waals surface area contributed by atoms with Gasteiger partial charge in [0.1, 0.15) is 0 Å². The first-order valence-corrected chi connectivity index (χ1v) is 6.02. The Labute approximate surface area is 111 Å². The number of benzene rings is 1. The number of nitro benzene ring substituents is 1. The zero-order chi connectivity index (χ0) is 13.8. The van der Waals surface area contributed by atoms with Crippen molar-refractivity contribution in [2.45, 2.75) is 13.3 Å². The normalized spacial score (nSPS) is 10.4. The molecule has 1 aromatic carbocycles. The number of hydrogen-bond donors (Lipinski definition) is 1. The van der Waals surface area contributed by atoms with Crippen LogP contribution in [0.4, 0.5) is 11.4 Å². The topological polar surface area (TPSA) is 73.0 Å². The van der Waals surface area contributed by atoms with Crippen LogP contribution in [-0.2, 0) is 13.5 Å². The Balaban J connectivity index is 1.99. The van der Waals surface area contributed by atoms with Crippen LogP contribution in [0.1, 0.15) is 11.1 Å². The number of rotatable bonds is 5. The molecular weight excluding hydrogens is 244 g/mol. The summed E-state index contributed by atoms with van der Waals surface area (Å²) in [5, 5.41) is 18.1. The fourth-order valence-corrected chi connectivity index (χ4v) is 1.86. The third kappa shape index (κ3) is 3.31. The van der Waals surface area contributed by atoms with E-state index in [0.717, 1.165) is 23.2 Å². The van der Waals surface area contributed by atoms with Gasteiger partial charge in [-0.2, -0.15) is 5.10 Å². The van der Waals surface area contributed by atoms with Crippen LogP contribution in [0.15, 0.2) is 30.6 Å². The van der Waals surface area contributed by atoms with Gasteiger partial charge in [0.05, 0.1) is 11.1 Å². The number of aromatic nitrogens is 2. The highest BCUT2D eigenvalue weighted by atomic mass is 16.6. The van der Waals surface area contributed by atoms with Gasteiger partial charge in [0, 0.05) is 37.6 Å². The maximum absolute atomic E-state index is 10.7. The molecule has 100 valence electrons. The number of hydrogen-bond acceptors (Lipinski definition) is 4. The van der Waals surface area contributed by atoms with Crippen LogP contribution in [-0.4, -0.2) is 21.2 Å². The number of nitro groups is 1. The molecular formula is C13H16N4O2. The summed E-state index contributed by atoms with van der Waals surface area (Å²) in [7, 11) is 1.88. The summed E-state index contributed by atoms with van der Waals surface area (Å²) < 4.78 is 1.76. The van der Waals surface area contributed by atoms with E-state index < -0.39 is 0 Å². The van der Waals surface area contributed by atoms with Gasteiger partial charge in [0.25, 0.3) is 5.69 Å². The summed E-state index contributed by atoms with van der Waals surface area (Å²) in [4.78, 5) is 10.3. The minimum atomic E-state index is -0.383. The van der Waals surface area contributed by atoms with Crippen LogP contribution >= 0.6 is 0 Å². The molecule has 0 bridgehead atoms. The molecule has 2 aromatic rings. The SMILES string of the molecule is Cc1ccc([N+](=O)[O-])cc1NCCc1cnn(C)c1. The van der Waals surface area contributed by atoms with E-state index in [1.165, 1.54) is 6.07 Å². The monoisotopic (exact) mass is 260 g/mol. The van der Waals surface area contributed by atoms with Crippen molar-refractivity contribution < 1.29 is 4.92 Å². The van der Waals surface area contributed by atoms with E-state index in [1.807, 2.05) is 26.4 Å². The molecule has 1 N–H and O–H groups in total. The highest BCUT2D eigenvalue weighted by Gasteiger charge is 2.08. The Morgan fingerprint density at radius 1 is 1.47 bits per heavy atom. The summed E-state index contributed by atoms with van der Waals surface area (Å²) in [6.45, 7) is 2.64. The van der Waals surface area contributed by atoms with Crippen molar-refractivity contribution in [2.24, 2.45) is 7.05 Å². The molecule has 1 aromatic heterocycles. The molecule has 0 saturated heterocycles. The minimum Gasteiger partial charge on any atom is -0.384 e. The zero-order valence-electron chi connectivity index (χ0n) is 11.0. The zero-order valence-corrected chi connectivity index (χ0v) is 11.0. The van der Waals surface area contributed by atoms with Crippen LogP contribution in [0, 0.1) is 17.0 Å². The van der Waals surface area contributed by atoms with E-state index in [9.17, 15) is 10.1 Å². The van der Waals surface area contributed by atoms with Gasteiger partial charge in [-0.3, -0.25) is 14.8 Å². The van der Waals surface area contributed by atoms with Gasteiger partial charge in [-0.15, -0.1) is 0 Å². The van der Waals surface area contributed by atoms with E-state index in [1.54, 1.807) is 16.8 Å². The quantitative estimate of drug-likeness (QED) is 0.661. The van der Waals surface area contributed by atoms with Crippen LogP contribution in [0.2, 0.25) is 0 Å². The first-order valence-electron chi connectivity index (χ1n) is 6.02. The predicted octanol–water partition coefficient (Wildman–Crippen LogP) is 2.29. The highest BCUT2D eigenvalue weighted by molar-refractivity contribution is 5.56. The second-order valence-electron chi connectivity index (χ2n) is 4.46. The van der Waals surface area contributed by atoms with E-state index in [2.05, 4.69) is 10.4 Å². The van der Waals surface area contributed by atoms with E-state index in [4.69, 9.17) is 0 Å². The fraction of sp³-hybridized carbons (Fsp3) is 0.308. The molecule has 0 amide bonds. The lowest BCUT2D eigenvalue weighted by Gasteiger charge is -2.08. The Morgan fingerprint density at radius 2 is 2.26 bits per heavy atom. The molecule has 0 saturated carbocycles. The maximum atomic E-state index is 10.7. The van der Waals surface area contributed by atoms with Gasteiger partial charge in [0.2, 0.25) is 0 Å². The summed E-state index contributed by atoms with van der Waals surface area (Å²) in [6, 6.07) is 4.84. The lowest BCUT2D eigenvalue weighted by atomic mass is 10.1. The average Bonchev–Trinajstić information content (AvgIpc) is 2.77. The van der Waals surface area contributed by atoms with Crippen molar-refractivity contribution in [3.63, 3.8) is 0 Å². The first-order chi connectivity index (χ1) is 9.06. The summed E-state index contributed by atoms with van der Waals surface area (Å²) in [5.41, 5.74) is 3.04. The van der Waals surface area contributed by atoms with Gasteiger partial charge in [-0.1, -0.05) is 6.07 Å². The highest BCUT2D eigenvalue weighted by Crippen LogP contribution is 2.21. The van der Waals surface area contributed by atoms with Crippen LogP contribution < -0.4 is 5.32 Å². The maximum Gasteiger partial charge on any atom is 0.271 e. The van der Waals surface area contributed by atoms with Gasteiger partial charge < -0.3 is 5.32 Å². The lowest BCUT2D eigenvalue weighted by molar-refractivity contribution is -0.384. The van der Waals surface area contributed by atoms with Crippen molar-refractivity contribution in [3.05, 3.63) is 51.8 Å². The van der Waals surface area contributed by atoms with Gasteiger partial charge in [0.15, 0.2) is 0 Å². The van der Waals surface area contributed by atoms with Gasteiger partial charge >= 0.3 is 0 Å².